The molecule has 11 heteroatoms. The number of anilines is 1. The van der Waals surface area contributed by atoms with Gasteiger partial charge >= 0.3 is 0 Å². The van der Waals surface area contributed by atoms with E-state index >= 15 is 4.39 Å². The number of imidazole rings is 1. The number of pyridine rings is 3. The van der Waals surface area contributed by atoms with E-state index in [-0.39, 0.29) is 22.3 Å². The Labute approximate surface area is 201 Å². The average molecular weight is 489 g/mol. The lowest BCUT2D eigenvalue weighted by atomic mass is 10.1. The first-order valence-electron chi connectivity index (χ1n) is 10.8. The Morgan fingerprint density at radius 1 is 1.03 bits per heavy atom. The molecule has 6 aromatic rings. The molecule has 0 radical (unpaired) electrons. The monoisotopic (exact) mass is 488 g/mol. The normalized spacial score (nSPS) is 11.7. The van der Waals surface area contributed by atoms with E-state index in [1.54, 1.807) is 30.7 Å². The molecule has 0 aliphatic rings. The van der Waals surface area contributed by atoms with Crippen molar-refractivity contribution in [1.29, 1.82) is 0 Å². The van der Waals surface area contributed by atoms with Gasteiger partial charge in [-0.15, -0.1) is 11.3 Å². The van der Waals surface area contributed by atoms with Gasteiger partial charge in [0, 0.05) is 42.0 Å². The van der Waals surface area contributed by atoms with Crippen LogP contribution in [0.5, 0.6) is 0 Å². The minimum absolute atomic E-state index is 0.205. The van der Waals surface area contributed by atoms with Crippen LogP contribution in [0.15, 0.2) is 49.1 Å². The van der Waals surface area contributed by atoms with Crippen molar-refractivity contribution in [3.8, 4) is 33.2 Å². The van der Waals surface area contributed by atoms with Crippen LogP contribution in [0.1, 0.15) is 13.8 Å². The third kappa shape index (κ3) is 3.69. The van der Waals surface area contributed by atoms with Crippen LogP contribution < -0.4 is 5.32 Å². The largest absolute Gasteiger partial charge is 0.382 e. The molecule has 0 amide bonds. The fourth-order valence-corrected chi connectivity index (χ4v) is 4.72. The standard InChI is InChI=1S/C24H18F2N8S/c1-11(2)30-13-7-12(8-27-9-13)14-10-29-23-18(19(14)26)22(33-34-23)24-31-15-5-6-28-21(20(15)32-24)16-3-4-17(25)35-16/h3-11,30H,1-2H3,(H,31,32)(H,29,33,34). The zero-order chi connectivity index (χ0) is 24.1. The van der Waals surface area contributed by atoms with E-state index in [2.05, 4.69) is 40.4 Å². The van der Waals surface area contributed by atoms with Gasteiger partial charge in [-0.25, -0.2) is 14.4 Å². The van der Waals surface area contributed by atoms with E-state index in [4.69, 9.17) is 0 Å². The van der Waals surface area contributed by atoms with Gasteiger partial charge in [0.2, 0.25) is 0 Å². The lowest BCUT2D eigenvalue weighted by Gasteiger charge is -2.11. The quantitative estimate of drug-likeness (QED) is 0.284. The molecule has 0 aliphatic carbocycles. The highest BCUT2D eigenvalue weighted by atomic mass is 32.1. The van der Waals surface area contributed by atoms with Crippen molar-refractivity contribution >= 4 is 39.1 Å². The maximum absolute atomic E-state index is 15.9. The summed E-state index contributed by atoms with van der Waals surface area (Å²) in [6, 6.07) is 6.84. The molecule has 0 unspecified atom stereocenters. The second-order valence-corrected chi connectivity index (χ2v) is 9.32. The van der Waals surface area contributed by atoms with Gasteiger partial charge in [-0.3, -0.25) is 15.1 Å². The van der Waals surface area contributed by atoms with Gasteiger partial charge in [0.05, 0.1) is 21.5 Å². The Morgan fingerprint density at radius 3 is 2.71 bits per heavy atom. The lowest BCUT2D eigenvalue weighted by molar-refractivity contribution is 0.642. The molecule has 0 fully saturated rings. The van der Waals surface area contributed by atoms with Crippen molar-refractivity contribution in [3.63, 3.8) is 0 Å². The zero-order valence-electron chi connectivity index (χ0n) is 18.6. The highest BCUT2D eigenvalue weighted by Gasteiger charge is 2.22. The molecule has 0 bridgehead atoms. The Hall–Kier alpha value is -4.25. The van der Waals surface area contributed by atoms with Gasteiger partial charge in [0.25, 0.3) is 0 Å². The SMILES string of the molecule is CC(C)Nc1cncc(-c2cnc3[nH]nc(-c4nc5c(-c6ccc(F)s6)nccc5[nH]4)c3c2F)c1. The fourth-order valence-electron chi connectivity index (χ4n) is 4.00. The van der Waals surface area contributed by atoms with Crippen molar-refractivity contribution in [3.05, 3.63) is 60.0 Å². The van der Waals surface area contributed by atoms with Crippen molar-refractivity contribution in [2.24, 2.45) is 0 Å². The van der Waals surface area contributed by atoms with Crippen LogP contribution in [0.25, 0.3) is 55.3 Å². The van der Waals surface area contributed by atoms with Gasteiger partial charge in [0.15, 0.2) is 16.6 Å². The molecule has 8 nitrogen and oxygen atoms in total. The zero-order valence-corrected chi connectivity index (χ0v) is 19.4. The van der Waals surface area contributed by atoms with E-state index in [9.17, 15) is 4.39 Å². The first-order valence-corrected chi connectivity index (χ1v) is 11.6. The summed E-state index contributed by atoms with van der Waals surface area (Å²) in [6.45, 7) is 4.03. The van der Waals surface area contributed by atoms with E-state index in [0.29, 0.717) is 44.2 Å². The van der Waals surface area contributed by atoms with Crippen LogP contribution in [0.2, 0.25) is 0 Å². The Bertz CT molecular complexity index is 1700. The Kier molecular flexibility index (Phi) is 4.99. The molecule has 3 N–H and O–H groups in total. The van der Waals surface area contributed by atoms with Crippen LogP contribution in [0.4, 0.5) is 14.5 Å². The number of halogens is 2. The molecule has 6 rings (SSSR count). The third-order valence-corrected chi connectivity index (χ3v) is 6.34. The summed E-state index contributed by atoms with van der Waals surface area (Å²) in [4.78, 5) is 21.5. The first-order chi connectivity index (χ1) is 17.0. The van der Waals surface area contributed by atoms with Crippen molar-refractivity contribution in [2.45, 2.75) is 19.9 Å². The van der Waals surface area contributed by atoms with Crippen molar-refractivity contribution in [1.82, 2.24) is 35.1 Å². The van der Waals surface area contributed by atoms with Crippen LogP contribution in [0, 0.1) is 10.9 Å². The summed E-state index contributed by atoms with van der Waals surface area (Å²) >= 11 is 0.986. The second-order valence-electron chi connectivity index (χ2n) is 8.29. The van der Waals surface area contributed by atoms with Crippen LogP contribution in [-0.4, -0.2) is 41.2 Å². The highest BCUT2D eigenvalue weighted by Crippen LogP contribution is 2.35. The minimum Gasteiger partial charge on any atom is -0.382 e. The number of thiophene rings is 1. The predicted octanol–water partition coefficient (Wildman–Crippen LogP) is 5.79. The number of rotatable bonds is 5. The van der Waals surface area contributed by atoms with Gasteiger partial charge in [0.1, 0.15) is 22.7 Å². The Balaban J connectivity index is 1.49. The predicted molar refractivity (Wildman–Crippen MR) is 132 cm³/mol. The summed E-state index contributed by atoms with van der Waals surface area (Å²) in [5, 5.41) is 10.2. The molecule has 0 saturated heterocycles. The molecule has 0 aliphatic heterocycles. The second kappa shape index (κ2) is 8.20. The fraction of sp³-hybridized carbons (Fsp3) is 0.125. The summed E-state index contributed by atoms with van der Waals surface area (Å²) in [5.74, 6) is -0.134. The Morgan fingerprint density at radius 2 is 1.91 bits per heavy atom. The number of aromatic amines is 2. The third-order valence-electron chi connectivity index (χ3n) is 5.46. The van der Waals surface area contributed by atoms with Gasteiger partial charge in [-0.05, 0) is 38.1 Å². The maximum atomic E-state index is 15.9. The van der Waals surface area contributed by atoms with Crippen LogP contribution in [0.3, 0.4) is 0 Å². The molecule has 174 valence electrons. The van der Waals surface area contributed by atoms with Crippen LogP contribution in [-0.2, 0) is 0 Å². The summed E-state index contributed by atoms with van der Waals surface area (Å²) in [7, 11) is 0. The molecule has 0 saturated carbocycles. The van der Waals surface area contributed by atoms with E-state index in [1.165, 1.54) is 12.3 Å². The lowest BCUT2D eigenvalue weighted by Crippen LogP contribution is -2.09. The van der Waals surface area contributed by atoms with Crippen LogP contribution >= 0.6 is 11.3 Å². The number of hydrogen-bond acceptors (Lipinski definition) is 7. The molecule has 0 aromatic carbocycles. The van der Waals surface area contributed by atoms with Crippen molar-refractivity contribution in [2.75, 3.05) is 5.32 Å². The molecular weight excluding hydrogens is 470 g/mol. The number of nitrogens with zero attached hydrogens (tertiary/aromatic N) is 5. The molecule has 6 heterocycles. The summed E-state index contributed by atoms with van der Waals surface area (Å²) in [5.41, 5.74) is 4.02. The summed E-state index contributed by atoms with van der Waals surface area (Å²) < 4.78 is 29.5. The van der Waals surface area contributed by atoms with E-state index in [0.717, 1.165) is 17.0 Å². The number of nitrogens with one attached hydrogen (secondary N) is 3. The number of aromatic nitrogens is 7. The smallest absolute Gasteiger partial charge is 0.177 e. The molecule has 35 heavy (non-hydrogen) atoms. The number of hydrogen-bond donors (Lipinski definition) is 3. The van der Waals surface area contributed by atoms with Gasteiger partial charge in [-0.1, -0.05) is 0 Å². The van der Waals surface area contributed by atoms with Gasteiger partial charge in [-0.2, -0.15) is 9.49 Å². The molecule has 0 spiro atoms. The summed E-state index contributed by atoms with van der Waals surface area (Å²) in [6.07, 6.45) is 6.36. The van der Waals surface area contributed by atoms with E-state index in [1.807, 2.05) is 19.9 Å². The molecular formula is C24H18F2N8S. The van der Waals surface area contributed by atoms with E-state index < -0.39 is 5.82 Å². The minimum atomic E-state index is -0.485. The maximum Gasteiger partial charge on any atom is 0.177 e. The highest BCUT2D eigenvalue weighted by molar-refractivity contribution is 7.13. The van der Waals surface area contributed by atoms with Gasteiger partial charge < -0.3 is 10.3 Å². The molecule has 0 atom stereocenters. The van der Waals surface area contributed by atoms with Crippen molar-refractivity contribution < 1.29 is 8.78 Å². The molecule has 6 aromatic heterocycles. The first kappa shape index (κ1) is 21.3. The number of H-pyrrole nitrogens is 2. The topological polar surface area (TPSA) is 108 Å². The average Bonchev–Trinajstić information content (AvgIpc) is 3.56. The number of fused-ring (bicyclic) bond motifs is 2.